The Hall–Kier alpha value is -3.15. The topological polar surface area (TPSA) is 81.7 Å². The van der Waals surface area contributed by atoms with Gasteiger partial charge in [0.1, 0.15) is 5.75 Å². The van der Waals surface area contributed by atoms with Crippen LogP contribution in [0.1, 0.15) is 131 Å². The molecule has 0 radical (unpaired) electrons. The first-order valence-corrected chi connectivity index (χ1v) is 15.9. The lowest BCUT2D eigenvalue weighted by Gasteiger charge is -2.19. The third kappa shape index (κ3) is 14.9. The minimum absolute atomic E-state index is 0.0177. The van der Waals surface area contributed by atoms with Gasteiger partial charge in [-0.15, -0.1) is 0 Å². The first-order valence-electron chi connectivity index (χ1n) is 15.9. The van der Waals surface area contributed by atoms with E-state index in [9.17, 15) is 14.4 Å². The molecule has 0 fully saturated rings. The summed E-state index contributed by atoms with van der Waals surface area (Å²) < 4.78 is 11.6. The number of amides is 1. The summed E-state index contributed by atoms with van der Waals surface area (Å²) in [5.41, 5.74) is -0.141. The standard InChI is InChI=1S/C35H51NO5/c1-3-5-7-9-11-14-19-31(41-30-20-15-13-16-21-30)22-18-27-36-34(38)32-25-23-29(24-26-33(32)37)35(39)40-28-17-12-10-8-6-4-2/h13,15-16,20-21,23-26,31H,3-12,14,17-19,22,27-28H2,1-2H3,(H,36,38). The second-order valence-electron chi connectivity index (χ2n) is 10.8. The average molecular weight is 566 g/mol. The fourth-order valence-corrected chi connectivity index (χ4v) is 4.75. The average Bonchev–Trinajstić information content (AvgIpc) is 3.18. The summed E-state index contributed by atoms with van der Waals surface area (Å²) >= 11 is 0. The molecule has 1 N–H and O–H groups in total. The quantitative estimate of drug-likeness (QED) is 0.115. The predicted octanol–water partition coefficient (Wildman–Crippen LogP) is 8.27. The van der Waals surface area contributed by atoms with Gasteiger partial charge in [-0.1, -0.05) is 96.3 Å². The van der Waals surface area contributed by atoms with Crippen LogP contribution in [0.25, 0.3) is 0 Å². The van der Waals surface area contributed by atoms with Crippen LogP contribution in [0.15, 0.2) is 59.4 Å². The summed E-state index contributed by atoms with van der Waals surface area (Å²) in [7, 11) is 0. The van der Waals surface area contributed by atoms with Gasteiger partial charge in [0.25, 0.3) is 5.91 Å². The Balaban J connectivity index is 1.81. The Morgan fingerprint density at radius 2 is 1.32 bits per heavy atom. The number of esters is 1. The highest BCUT2D eigenvalue weighted by Crippen LogP contribution is 2.18. The molecule has 0 bridgehead atoms. The van der Waals surface area contributed by atoms with Crippen molar-refractivity contribution in [1.82, 2.24) is 5.32 Å². The maximum atomic E-state index is 12.8. The van der Waals surface area contributed by atoms with Crippen molar-refractivity contribution in [3.8, 4) is 5.75 Å². The van der Waals surface area contributed by atoms with Crippen LogP contribution in [0.5, 0.6) is 5.75 Å². The van der Waals surface area contributed by atoms with Crippen molar-refractivity contribution in [2.45, 2.75) is 116 Å². The normalized spacial score (nSPS) is 11.6. The van der Waals surface area contributed by atoms with Gasteiger partial charge in [-0.05, 0) is 68.5 Å². The molecule has 1 unspecified atom stereocenters. The van der Waals surface area contributed by atoms with Gasteiger partial charge in [0.15, 0.2) is 5.43 Å². The molecule has 0 aliphatic rings. The van der Waals surface area contributed by atoms with Crippen LogP contribution in [0, 0.1) is 0 Å². The summed E-state index contributed by atoms with van der Waals surface area (Å²) in [5.74, 6) is -0.0500. The number of hydrogen-bond acceptors (Lipinski definition) is 5. The number of carbonyl (C=O) groups is 2. The smallest absolute Gasteiger partial charge is 0.338 e. The van der Waals surface area contributed by atoms with Crippen molar-refractivity contribution in [2.24, 2.45) is 0 Å². The molecule has 1 amide bonds. The van der Waals surface area contributed by atoms with Crippen LogP contribution in [0.2, 0.25) is 0 Å². The molecule has 226 valence electrons. The van der Waals surface area contributed by atoms with Crippen LogP contribution in [-0.2, 0) is 4.74 Å². The maximum absolute atomic E-state index is 12.8. The van der Waals surface area contributed by atoms with E-state index in [1.807, 2.05) is 30.3 Å². The minimum Gasteiger partial charge on any atom is -0.490 e. The molecule has 0 heterocycles. The number of hydrogen-bond donors (Lipinski definition) is 1. The molecular formula is C35H51NO5. The number of rotatable bonds is 22. The molecule has 0 aromatic heterocycles. The number of carbonyl (C=O) groups excluding carboxylic acids is 2. The fourth-order valence-electron chi connectivity index (χ4n) is 4.75. The van der Waals surface area contributed by atoms with Gasteiger partial charge < -0.3 is 14.8 Å². The number of para-hydroxylation sites is 1. The molecule has 0 aliphatic carbocycles. The van der Waals surface area contributed by atoms with Gasteiger partial charge in [0, 0.05) is 6.54 Å². The Labute approximate surface area is 247 Å². The highest BCUT2D eigenvalue weighted by Gasteiger charge is 2.14. The summed E-state index contributed by atoms with van der Waals surface area (Å²) in [5, 5.41) is 2.86. The summed E-state index contributed by atoms with van der Waals surface area (Å²) in [6.45, 7) is 5.20. The predicted molar refractivity (Wildman–Crippen MR) is 167 cm³/mol. The lowest BCUT2D eigenvalue weighted by molar-refractivity contribution is 0.0497. The van der Waals surface area contributed by atoms with Crippen molar-refractivity contribution >= 4 is 11.9 Å². The minimum atomic E-state index is -0.477. The molecule has 1 atom stereocenters. The van der Waals surface area contributed by atoms with E-state index in [-0.39, 0.29) is 17.2 Å². The molecule has 6 nitrogen and oxygen atoms in total. The van der Waals surface area contributed by atoms with Gasteiger partial charge in [0.2, 0.25) is 0 Å². The van der Waals surface area contributed by atoms with Crippen molar-refractivity contribution in [1.29, 1.82) is 0 Å². The molecule has 41 heavy (non-hydrogen) atoms. The number of nitrogens with one attached hydrogen (secondary N) is 1. The SMILES string of the molecule is CCCCCCCCOC(=O)c1ccc(C(=O)NCCCC(CCCCCCCC)Oc2ccccc2)c(=O)cc1. The molecule has 6 heteroatoms. The van der Waals surface area contributed by atoms with E-state index in [1.54, 1.807) is 0 Å². The second kappa shape index (κ2) is 21.6. The number of ether oxygens (including phenoxy) is 2. The molecule has 2 aromatic rings. The van der Waals surface area contributed by atoms with Gasteiger partial charge in [-0.2, -0.15) is 0 Å². The molecule has 0 saturated heterocycles. The highest BCUT2D eigenvalue weighted by molar-refractivity contribution is 5.95. The highest BCUT2D eigenvalue weighted by atomic mass is 16.5. The lowest BCUT2D eigenvalue weighted by Crippen LogP contribution is -2.29. The van der Waals surface area contributed by atoms with E-state index in [1.165, 1.54) is 75.6 Å². The molecule has 0 aliphatic heterocycles. The van der Waals surface area contributed by atoms with Gasteiger partial charge in [-0.3, -0.25) is 9.59 Å². The lowest BCUT2D eigenvalue weighted by atomic mass is 10.0. The fraction of sp³-hybridized carbons (Fsp3) is 0.571. The van der Waals surface area contributed by atoms with Crippen LogP contribution >= 0.6 is 0 Å². The molecule has 0 saturated carbocycles. The van der Waals surface area contributed by atoms with E-state index in [4.69, 9.17) is 9.47 Å². The molecular weight excluding hydrogens is 514 g/mol. The number of unbranched alkanes of at least 4 members (excludes halogenated alkanes) is 10. The Kier molecular flexibility index (Phi) is 17.9. The molecule has 2 rings (SSSR count). The third-order valence-electron chi connectivity index (χ3n) is 7.23. The summed E-state index contributed by atoms with van der Waals surface area (Å²) in [6.07, 6.45) is 16.6. The first kappa shape index (κ1) is 34.1. The van der Waals surface area contributed by atoms with E-state index in [2.05, 4.69) is 19.2 Å². The van der Waals surface area contributed by atoms with Crippen LogP contribution in [0.3, 0.4) is 0 Å². The zero-order valence-corrected chi connectivity index (χ0v) is 25.3. The van der Waals surface area contributed by atoms with Crippen molar-refractivity contribution in [3.63, 3.8) is 0 Å². The Bertz CT molecular complexity index is 1060. The Morgan fingerprint density at radius 1 is 0.707 bits per heavy atom. The first-order chi connectivity index (χ1) is 20.0. The zero-order valence-electron chi connectivity index (χ0n) is 25.3. The summed E-state index contributed by atoms with van der Waals surface area (Å²) in [4.78, 5) is 37.7. The Morgan fingerprint density at radius 3 is 2.02 bits per heavy atom. The van der Waals surface area contributed by atoms with Crippen molar-refractivity contribution in [3.05, 3.63) is 75.9 Å². The van der Waals surface area contributed by atoms with Crippen LogP contribution < -0.4 is 15.5 Å². The van der Waals surface area contributed by atoms with Crippen LogP contribution in [0.4, 0.5) is 0 Å². The van der Waals surface area contributed by atoms with E-state index in [0.29, 0.717) is 13.2 Å². The van der Waals surface area contributed by atoms with Gasteiger partial charge in [-0.25, -0.2) is 4.79 Å². The molecule has 2 aromatic carbocycles. The van der Waals surface area contributed by atoms with Gasteiger partial charge >= 0.3 is 5.97 Å². The third-order valence-corrected chi connectivity index (χ3v) is 7.23. The van der Waals surface area contributed by atoms with Gasteiger partial charge in [0.05, 0.1) is 23.8 Å². The maximum Gasteiger partial charge on any atom is 0.338 e. The summed E-state index contributed by atoms with van der Waals surface area (Å²) in [6, 6.07) is 15.5. The largest absolute Gasteiger partial charge is 0.490 e. The van der Waals surface area contributed by atoms with E-state index in [0.717, 1.165) is 50.7 Å². The number of benzene rings is 1. The van der Waals surface area contributed by atoms with E-state index >= 15 is 0 Å². The monoisotopic (exact) mass is 565 g/mol. The van der Waals surface area contributed by atoms with Crippen molar-refractivity contribution < 1.29 is 19.1 Å². The zero-order chi connectivity index (χ0) is 29.5. The van der Waals surface area contributed by atoms with Crippen molar-refractivity contribution in [2.75, 3.05) is 13.2 Å². The van der Waals surface area contributed by atoms with Crippen LogP contribution in [-0.4, -0.2) is 31.1 Å². The molecule has 0 spiro atoms. The second-order valence-corrected chi connectivity index (χ2v) is 10.8. The van der Waals surface area contributed by atoms with E-state index < -0.39 is 17.3 Å².